The summed E-state index contributed by atoms with van der Waals surface area (Å²) >= 11 is 5.91. The molecule has 1 atom stereocenters. The van der Waals surface area contributed by atoms with Gasteiger partial charge < -0.3 is 10.4 Å². The van der Waals surface area contributed by atoms with Crippen molar-refractivity contribution in [2.75, 3.05) is 11.9 Å². The van der Waals surface area contributed by atoms with Gasteiger partial charge in [-0.25, -0.2) is 0 Å². The molecular formula is C14H14ClNO. The summed E-state index contributed by atoms with van der Waals surface area (Å²) in [6, 6.07) is 17.2. The van der Waals surface area contributed by atoms with Gasteiger partial charge in [0.1, 0.15) is 0 Å². The molecule has 0 bridgehead atoms. The summed E-state index contributed by atoms with van der Waals surface area (Å²) in [7, 11) is 0. The van der Waals surface area contributed by atoms with E-state index in [0.29, 0.717) is 5.02 Å². The minimum Gasteiger partial charge on any atom is -0.394 e. The average Bonchev–Trinajstić information content (AvgIpc) is 2.37. The number of rotatable bonds is 4. The van der Waals surface area contributed by atoms with E-state index < -0.39 is 0 Å². The Morgan fingerprint density at radius 1 is 1.06 bits per heavy atom. The zero-order valence-electron chi connectivity index (χ0n) is 9.31. The predicted octanol–water partition coefficient (Wildman–Crippen LogP) is 3.49. The van der Waals surface area contributed by atoms with Crippen molar-refractivity contribution in [2.24, 2.45) is 0 Å². The Labute approximate surface area is 106 Å². The summed E-state index contributed by atoms with van der Waals surface area (Å²) in [4.78, 5) is 0. The van der Waals surface area contributed by atoms with E-state index in [2.05, 4.69) is 5.32 Å². The summed E-state index contributed by atoms with van der Waals surface area (Å²) in [5.41, 5.74) is 1.95. The maximum Gasteiger partial charge on any atom is 0.0745 e. The molecule has 0 radical (unpaired) electrons. The second kappa shape index (κ2) is 5.71. The Balaban J connectivity index is 2.16. The fraction of sp³-hybridized carbons (Fsp3) is 0.143. The smallest absolute Gasteiger partial charge is 0.0745 e. The Kier molecular flexibility index (Phi) is 4.02. The largest absolute Gasteiger partial charge is 0.394 e. The van der Waals surface area contributed by atoms with Gasteiger partial charge in [0.25, 0.3) is 0 Å². The van der Waals surface area contributed by atoms with Crippen LogP contribution in [0, 0.1) is 0 Å². The van der Waals surface area contributed by atoms with Crippen LogP contribution in [0.15, 0.2) is 54.6 Å². The third-order valence-electron chi connectivity index (χ3n) is 2.55. The Morgan fingerprint density at radius 3 is 2.47 bits per heavy atom. The van der Waals surface area contributed by atoms with Gasteiger partial charge in [-0.15, -0.1) is 0 Å². The highest BCUT2D eigenvalue weighted by atomic mass is 35.5. The molecule has 88 valence electrons. The van der Waals surface area contributed by atoms with E-state index in [1.807, 2.05) is 54.6 Å². The number of aliphatic hydroxyl groups is 1. The molecule has 0 fully saturated rings. The predicted molar refractivity (Wildman–Crippen MR) is 71.3 cm³/mol. The lowest BCUT2D eigenvalue weighted by Gasteiger charge is -2.18. The van der Waals surface area contributed by atoms with Crippen LogP contribution in [0.4, 0.5) is 5.69 Å². The van der Waals surface area contributed by atoms with Crippen LogP contribution in [0.25, 0.3) is 0 Å². The quantitative estimate of drug-likeness (QED) is 0.867. The number of hydrogen-bond acceptors (Lipinski definition) is 2. The van der Waals surface area contributed by atoms with Gasteiger partial charge in [-0.3, -0.25) is 0 Å². The lowest BCUT2D eigenvalue weighted by molar-refractivity contribution is 0.276. The average molecular weight is 248 g/mol. The molecule has 2 nitrogen and oxygen atoms in total. The molecule has 0 amide bonds. The summed E-state index contributed by atoms with van der Waals surface area (Å²) in [5.74, 6) is 0. The molecule has 2 rings (SSSR count). The van der Waals surface area contributed by atoms with E-state index in [9.17, 15) is 5.11 Å². The molecule has 17 heavy (non-hydrogen) atoms. The van der Waals surface area contributed by atoms with Gasteiger partial charge in [0.05, 0.1) is 12.6 Å². The highest BCUT2D eigenvalue weighted by Gasteiger charge is 2.09. The third kappa shape index (κ3) is 3.22. The topological polar surface area (TPSA) is 32.3 Å². The first-order valence-corrected chi connectivity index (χ1v) is 5.85. The van der Waals surface area contributed by atoms with Crippen LogP contribution in [-0.4, -0.2) is 11.7 Å². The molecule has 2 aromatic rings. The van der Waals surface area contributed by atoms with Gasteiger partial charge in [-0.05, 0) is 23.8 Å². The van der Waals surface area contributed by atoms with Crippen LogP contribution in [0.3, 0.4) is 0 Å². The van der Waals surface area contributed by atoms with Crippen molar-refractivity contribution in [2.45, 2.75) is 6.04 Å². The van der Waals surface area contributed by atoms with Crippen molar-refractivity contribution in [1.82, 2.24) is 0 Å². The van der Waals surface area contributed by atoms with Crippen LogP contribution >= 0.6 is 11.6 Å². The lowest BCUT2D eigenvalue weighted by Crippen LogP contribution is -2.14. The highest BCUT2D eigenvalue weighted by Crippen LogP contribution is 2.21. The lowest BCUT2D eigenvalue weighted by atomic mass is 10.1. The fourth-order valence-corrected chi connectivity index (χ4v) is 1.89. The Morgan fingerprint density at radius 2 is 1.82 bits per heavy atom. The molecule has 0 aromatic heterocycles. The van der Waals surface area contributed by atoms with Crippen molar-refractivity contribution in [3.05, 3.63) is 65.2 Å². The van der Waals surface area contributed by atoms with Crippen LogP contribution in [0.5, 0.6) is 0 Å². The van der Waals surface area contributed by atoms with E-state index in [0.717, 1.165) is 11.3 Å². The third-order valence-corrected chi connectivity index (χ3v) is 2.79. The van der Waals surface area contributed by atoms with E-state index in [1.54, 1.807) is 0 Å². The van der Waals surface area contributed by atoms with E-state index >= 15 is 0 Å². The van der Waals surface area contributed by atoms with E-state index in [4.69, 9.17) is 11.6 Å². The van der Waals surface area contributed by atoms with Gasteiger partial charge in [-0.2, -0.15) is 0 Å². The molecule has 2 aromatic carbocycles. The Bertz CT molecular complexity index is 473. The van der Waals surface area contributed by atoms with E-state index in [1.165, 1.54) is 0 Å². The van der Waals surface area contributed by atoms with E-state index in [-0.39, 0.29) is 12.6 Å². The summed E-state index contributed by atoms with van der Waals surface area (Å²) < 4.78 is 0. The summed E-state index contributed by atoms with van der Waals surface area (Å²) in [5, 5.41) is 13.3. The minimum absolute atomic E-state index is 0.0382. The van der Waals surface area contributed by atoms with Crippen LogP contribution in [0.2, 0.25) is 5.02 Å². The second-order valence-electron chi connectivity index (χ2n) is 3.80. The van der Waals surface area contributed by atoms with Gasteiger partial charge in [0, 0.05) is 10.7 Å². The van der Waals surface area contributed by atoms with Crippen molar-refractivity contribution in [3.63, 3.8) is 0 Å². The van der Waals surface area contributed by atoms with Gasteiger partial charge in [0.2, 0.25) is 0 Å². The SMILES string of the molecule is OC[C@@H](Nc1cccc(Cl)c1)c1ccccc1. The first-order valence-electron chi connectivity index (χ1n) is 5.47. The molecule has 0 spiro atoms. The molecule has 0 aliphatic carbocycles. The molecule has 2 N–H and O–H groups in total. The zero-order chi connectivity index (χ0) is 12.1. The number of nitrogens with one attached hydrogen (secondary N) is 1. The first-order chi connectivity index (χ1) is 8.29. The molecule has 0 aliphatic rings. The van der Waals surface area contributed by atoms with Gasteiger partial charge >= 0.3 is 0 Å². The van der Waals surface area contributed by atoms with Crippen LogP contribution in [0.1, 0.15) is 11.6 Å². The molecular weight excluding hydrogens is 234 g/mol. The molecule has 0 unspecified atom stereocenters. The molecule has 0 saturated heterocycles. The number of anilines is 1. The van der Waals surface area contributed by atoms with Crippen molar-refractivity contribution < 1.29 is 5.11 Å². The monoisotopic (exact) mass is 247 g/mol. The molecule has 3 heteroatoms. The highest BCUT2D eigenvalue weighted by molar-refractivity contribution is 6.30. The zero-order valence-corrected chi connectivity index (χ0v) is 10.1. The molecule has 0 heterocycles. The maximum atomic E-state index is 9.41. The molecule has 0 saturated carbocycles. The summed E-state index contributed by atoms with van der Waals surface area (Å²) in [6.45, 7) is 0.0382. The number of hydrogen-bond donors (Lipinski definition) is 2. The Hall–Kier alpha value is -1.51. The van der Waals surface area contributed by atoms with Gasteiger partial charge in [-0.1, -0.05) is 48.0 Å². The second-order valence-corrected chi connectivity index (χ2v) is 4.24. The van der Waals surface area contributed by atoms with Crippen LogP contribution in [-0.2, 0) is 0 Å². The van der Waals surface area contributed by atoms with Gasteiger partial charge in [0.15, 0.2) is 0 Å². The normalized spacial score (nSPS) is 12.1. The van der Waals surface area contributed by atoms with Crippen molar-refractivity contribution >= 4 is 17.3 Å². The van der Waals surface area contributed by atoms with Crippen molar-refractivity contribution in [1.29, 1.82) is 0 Å². The minimum atomic E-state index is -0.116. The molecule has 0 aliphatic heterocycles. The standard InChI is InChI=1S/C14H14ClNO/c15-12-7-4-8-13(9-12)16-14(10-17)11-5-2-1-3-6-11/h1-9,14,16-17H,10H2/t14-/m1/s1. The fourth-order valence-electron chi connectivity index (χ4n) is 1.70. The number of aliphatic hydroxyl groups excluding tert-OH is 1. The summed E-state index contributed by atoms with van der Waals surface area (Å²) in [6.07, 6.45) is 0. The number of benzene rings is 2. The van der Waals surface area contributed by atoms with Crippen molar-refractivity contribution in [3.8, 4) is 0 Å². The number of halogens is 1. The maximum absolute atomic E-state index is 9.41. The first kappa shape index (κ1) is 12.0. The van der Waals surface area contributed by atoms with Crippen LogP contribution < -0.4 is 5.32 Å².